The number of anilines is 1. The molecule has 0 aromatic heterocycles. The van der Waals surface area contributed by atoms with E-state index in [2.05, 4.69) is 0 Å². The fourth-order valence-corrected chi connectivity index (χ4v) is 3.93. The quantitative estimate of drug-likeness (QED) is 0.818. The van der Waals surface area contributed by atoms with Crippen LogP contribution in [0.3, 0.4) is 0 Å². The topological polar surface area (TPSA) is 75.9 Å². The van der Waals surface area contributed by atoms with Gasteiger partial charge in [-0.2, -0.15) is 0 Å². The standard InChI is InChI=1S/C19H26ClN3O3.ClH/c1-22(2)17(24)9-13-11-23(16-4-3-14(20)10-15(13)16)19(25)18(21)12-5-7-26-8-6-12;/h3-4,10,12-13,18H,5-9,11,21H2,1-2H3;1H. The molecule has 0 saturated carbocycles. The van der Waals surface area contributed by atoms with Gasteiger partial charge in [0.1, 0.15) is 0 Å². The van der Waals surface area contributed by atoms with Gasteiger partial charge < -0.3 is 20.3 Å². The minimum absolute atomic E-state index is 0. The summed E-state index contributed by atoms with van der Waals surface area (Å²) in [7, 11) is 3.47. The minimum Gasteiger partial charge on any atom is -0.381 e. The first kappa shape index (κ1) is 22.0. The van der Waals surface area contributed by atoms with Gasteiger partial charge in [0.05, 0.1) is 6.04 Å². The summed E-state index contributed by atoms with van der Waals surface area (Å²) in [5.74, 6) is 0.0168. The molecule has 2 aliphatic rings. The predicted octanol–water partition coefficient (Wildman–Crippen LogP) is 2.42. The van der Waals surface area contributed by atoms with Gasteiger partial charge in [-0.3, -0.25) is 9.59 Å². The molecular weight excluding hydrogens is 389 g/mol. The molecule has 0 radical (unpaired) electrons. The summed E-state index contributed by atoms with van der Waals surface area (Å²) in [6, 6.07) is 4.94. The molecule has 8 heteroatoms. The Labute approximate surface area is 171 Å². The van der Waals surface area contributed by atoms with Crippen LogP contribution in [0.15, 0.2) is 18.2 Å². The second kappa shape index (κ2) is 9.24. The van der Waals surface area contributed by atoms with Crippen molar-refractivity contribution in [2.24, 2.45) is 11.7 Å². The smallest absolute Gasteiger partial charge is 0.244 e. The van der Waals surface area contributed by atoms with Gasteiger partial charge in [-0.1, -0.05) is 11.6 Å². The summed E-state index contributed by atoms with van der Waals surface area (Å²) in [4.78, 5) is 28.6. The molecule has 2 unspecified atom stereocenters. The average molecular weight is 416 g/mol. The predicted molar refractivity (Wildman–Crippen MR) is 109 cm³/mol. The number of carbonyl (C=O) groups excluding carboxylic acids is 2. The fraction of sp³-hybridized carbons (Fsp3) is 0.579. The lowest BCUT2D eigenvalue weighted by Crippen LogP contribution is -2.49. The number of fused-ring (bicyclic) bond motifs is 1. The zero-order valence-electron chi connectivity index (χ0n) is 15.7. The van der Waals surface area contributed by atoms with Crippen molar-refractivity contribution >= 4 is 41.5 Å². The lowest BCUT2D eigenvalue weighted by Gasteiger charge is -2.30. The molecule has 2 N–H and O–H groups in total. The molecule has 2 amide bonds. The lowest BCUT2D eigenvalue weighted by atomic mass is 9.91. The Morgan fingerprint density at radius 2 is 2.00 bits per heavy atom. The number of hydrogen-bond acceptors (Lipinski definition) is 4. The second-order valence-electron chi connectivity index (χ2n) is 7.32. The maximum atomic E-state index is 13.1. The van der Waals surface area contributed by atoms with Crippen LogP contribution in [0.1, 0.15) is 30.7 Å². The molecule has 2 atom stereocenters. The highest BCUT2D eigenvalue weighted by Crippen LogP contribution is 2.40. The van der Waals surface area contributed by atoms with Crippen LogP contribution in [0.5, 0.6) is 0 Å². The minimum atomic E-state index is -0.550. The largest absolute Gasteiger partial charge is 0.381 e. The van der Waals surface area contributed by atoms with Gasteiger partial charge in [0, 0.05) is 56.9 Å². The maximum Gasteiger partial charge on any atom is 0.244 e. The van der Waals surface area contributed by atoms with E-state index in [9.17, 15) is 9.59 Å². The second-order valence-corrected chi connectivity index (χ2v) is 7.75. The van der Waals surface area contributed by atoms with Crippen molar-refractivity contribution in [3.05, 3.63) is 28.8 Å². The van der Waals surface area contributed by atoms with Crippen LogP contribution in [0.2, 0.25) is 5.02 Å². The van der Waals surface area contributed by atoms with Gasteiger partial charge >= 0.3 is 0 Å². The summed E-state index contributed by atoms with van der Waals surface area (Å²) in [6.07, 6.45) is 1.95. The van der Waals surface area contributed by atoms with Crippen molar-refractivity contribution in [2.45, 2.75) is 31.2 Å². The molecule has 1 fully saturated rings. The molecule has 6 nitrogen and oxygen atoms in total. The molecule has 0 aliphatic carbocycles. The van der Waals surface area contributed by atoms with Crippen LogP contribution in [0.25, 0.3) is 0 Å². The Kier molecular flexibility index (Phi) is 7.51. The summed E-state index contributed by atoms with van der Waals surface area (Å²) in [5.41, 5.74) is 8.07. The summed E-state index contributed by atoms with van der Waals surface area (Å²) in [5, 5.41) is 0.606. The van der Waals surface area contributed by atoms with E-state index in [0.717, 1.165) is 24.1 Å². The van der Waals surface area contributed by atoms with E-state index >= 15 is 0 Å². The third-order valence-electron chi connectivity index (χ3n) is 5.37. The summed E-state index contributed by atoms with van der Waals surface area (Å²) >= 11 is 6.16. The van der Waals surface area contributed by atoms with Gasteiger partial charge in [-0.15, -0.1) is 12.4 Å². The van der Waals surface area contributed by atoms with Crippen LogP contribution in [-0.2, 0) is 14.3 Å². The number of amides is 2. The van der Waals surface area contributed by atoms with Crippen LogP contribution in [-0.4, -0.2) is 56.6 Å². The van der Waals surface area contributed by atoms with Crippen LogP contribution in [0, 0.1) is 5.92 Å². The first-order valence-electron chi connectivity index (χ1n) is 9.02. The molecule has 1 saturated heterocycles. The molecule has 1 aromatic carbocycles. The average Bonchev–Trinajstić information content (AvgIpc) is 2.98. The molecule has 1 aromatic rings. The van der Waals surface area contributed by atoms with Crippen molar-refractivity contribution in [1.82, 2.24) is 4.90 Å². The van der Waals surface area contributed by atoms with Gasteiger partial charge in [-0.05, 0) is 42.5 Å². The highest BCUT2D eigenvalue weighted by atomic mass is 35.5. The maximum absolute atomic E-state index is 13.1. The molecule has 2 heterocycles. The Balaban J connectivity index is 0.00000261. The molecule has 2 aliphatic heterocycles. The van der Waals surface area contributed by atoms with Gasteiger partial charge in [0.2, 0.25) is 11.8 Å². The van der Waals surface area contributed by atoms with E-state index in [4.69, 9.17) is 22.1 Å². The lowest BCUT2D eigenvalue weighted by molar-refractivity contribution is -0.129. The van der Waals surface area contributed by atoms with Crippen molar-refractivity contribution in [3.8, 4) is 0 Å². The fourth-order valence-electron chi connectivity index (χ4n) is 3.75. The van der Waals surface area contributed by atoms with E-state index in [1.807, 2.05) is 12.1 Å². The van der Waals surface area contributed by atoms with Gasteiger partial charge in [-0.25, -0.2) is 0 Å². The van der Waals surface area contributed by atoms with E-state index in [-0.39, 0.29) is 36.1 Å². The van der Waals surface area contributed by atoms with Crippen LogP contribution in [0.4, 0.5) is 5.69 Å². The zero-order chi connectivity index (χ0) is 18.8. The highest BCUT2D eigenvalue weighted by Gasteiger charge is 2.38. The first-order valence-corrected chi connectivity index (χ1v) is 9.40. The van der Waals surface area contributed by atoms with Crippen LogP contribution < -0.4 is 10.6 Å². The summed E-state index contributed by atoms with van der Waals surface area (Å²) in [6.45, 7) is 1.76. The Morgan fingerprint density at radius 1 is 1.33 bits per heavy atom. The van der Waals surface area contributed by atoms with Crippen molar-refractivity contribution in [2.75, 3.05) is 38.8 Å². The number of hydrogen-bond donors (Lipinski definition) is 1. The zero-order valence-corrected chi connectivity index (χ0v) is 17.3. The summed E-state index contributed by atoms with van der Waals surface area (Å²) < 4.78 is 5.37. The van der Waals surface area contributed by atoms with Crippen molar-refractivity contribution in [1.29, 1.82) is 0 Å². The molecule has 150 valence electrons. The Hall–Kier alpha value is -1.34. The normalized spacial score (nSPS) is 20.6. The number of ether oxygens (including phenoxy) is 1. The number of rotatable bonds is 4. The van der Waals surface area contributed by atoms with Crippen molar-refractivity contribution < 1.29 is 14.3 Å². The molecular formula is C19H27Cl2N3O3. The van der Waals surface area contributed by atoms with Crippen molar-refractivity contribution in [3.63, 3.8) is 0 Å². The van der Waals surface area contributed by atoms with E-state index in [1.165, 1.54) is 0 Å². The number of nitrogens with two attached hydrogens (primary N) is 1. The van der Waals surface area contributed by atoms with Gasteiger partial charge in [0.15, 0.2) is 0 Å². The number of nitrogens with zero attached hydrogens (tertiary/aromatic N) is 2. The third kappa shape index (κ3) is 4.74. The molecule has 3 rings (SSSR count). The van der Waals surface area contributed by atoms with E-state index in [1.54, 1.807) is 30.0 Å². The van der Waals surface area contributed by atoms with Gasteiger partial charge in [0.25, 0.3) is 0 Å². The number of carbonyl (C=O) groups is 2. The highest BCUT2D eigenvalue weighted by molar-refractivity contribution is 6.30. The third-order valence-corrected chi connectivity index (χ3v) is 5.60. The van der Waals surface area contributed by atoms with E-state index in [0.29, 0.717) is 31.2 Å². The molecule has 0 bridgehead atoms. The molecule has 0 spiro atoms. The monoisotopic (exact) mass is 415 g/mol. The number of halogens is 2. The number of benzene rings is 1. The SMILES string of the molecule is CN(C)C(=O)CC1CN(C(=O)C(N)C2CCOCC2)c2ccc(Cl)cc21.Cl. The van der Waals surface area contributed by atoms with Crippen LogP contribution >= 0.6 is 24.0 Å². The molecule has 27 heavy (non-hydrogen) atoms. The first-order chi connectivity index (χ1) is 12.4. The Morgan fingerprint density at radius 3 is 2.63 bits per heavy atom. The Bertz CT molecular complexity index is 693. The van der Waals surface area contributed by atoms with E-state index < -0.39 is 6.04 Å².